The third-order valence-corrected chi connectivity index (χ3v) is 6.61. The van der Waals surface area contributed by atoms with Crippen LogP contribution in [0.1, 0.15) is 30.7 Å². The lowest BCUT2D eigenvalue weighted by molar-refractivity contribution is 0.0372. The van der Waals surface area contributed by atoms with Gasteiger partial charge in [0, 0.05) is 32.7 Å². The van der Waals surface area contributed by atoms with Gasteiger partial charge in [0.05, 0.1) is 12.8 Å². The van der Waals surface area contributed by atoms with E-state index in [2.05, 4.69) is 65.6 Å². The average Bonchev–Trinajstić information content (AvgIpc) is 3.52. The molecule has 0 bridgehead atoms. The minimum Gasteiger partial charge on any atom is -0.461 e. The Kier molecular flexibility index (Phi) is 8.02. The summed E-state index contributed by atoms with van der Waals surface area (Å²) < 4.78 is 5.37. The second-order valence-electron chi connectivity index (χ2n) is 8.64. The van der Waals surface area contributed by atoms with Gasteiger partial charge in [-0.05, 0) is 49.4 Å². The zero-order chi connectivity index (χ0) is 21.8. The van der Waals surface area contributed by atoms with Crippen LogP contribution in [0.15, 0.2) is 58.1 Å². The van der Waals surface area contributed by atoms with Crippen LogP contribution in [0.3, 0.4) is 0 Å². The first-order valence-electron chi connectivity index (χ1n) is 11.5. The van der Waals surface area contributed by atoms with E-state index >= 15 is 0 Å². The summed E-state index contributed by atoms with van der Waals surface area (Å²) in [6, 6.07) is 15.2. The molecule has 0 amide bonds. The Morgan fingerprint density at radius 1 is 1.18 bits per heavy atom. The van der Waals surface area contributed by atoms with Crippen LogP contribution in [0.25, 0.3) is 11.6 Å². The number of aliphatic imine (C=N–C) groups is 1. The highest BCUT2D eigenvalue weighted by molar-refractivity contribution is 14.0. The van der Waals surface area contributed by atoms with E-state index < -0.39 is 0 Å². The SMILES string of the molecule is CN=C(NCc1nc(-c2ccco2)n[nH]1)N1CCC2C(CCCN2Cc2ccccc2)C1.I. The van der Waals surface area contributed by atoms with Crippen LogP contribution in [0, 0.1) is 5.92 Å². The highest BCUT2D eigenvalue weighted by Gasteiger charge is 2.36. The number of H-pyrrole nitrogens is 1. The molecule has 2 fully saturated rings. The van der Waals surface area contributed by atoms with Gasteiger partial charge in [-0.1, -0.05) is 30.3 Å². The average molecular weight is 561 g/mol. The number of likely N-dealkylation sites (tertiary alicyclic amines) is 2. The molecule has 2 aliphatic rings. The molecule has 2 N–H and O–H groups in total. The van der Waals surface area contributed by atoms with Crippen molar-refractivity contribution in [2.24, 2.45) is 10.9 Å². The third kappa shape index (κ3) is 5.57. The number of nitrogens with one attached hydrogen (secondary N) is 2. The van der Waals surface area contributed by atoms with Crippen molar-refractivity contribution in [3.63, 3.8) is 0 Å². The predicted molar refractivity (Wildman–Crippen MR) is 139 cm³/mol. The number of hydrogen-bond donors (Lipinski definition) is 2. The molecule has 0 spiro atoms. The number of fused-ring (bicyclic) bond motifs is 1. The number of aromatic amines is 1. The molecule has 33 heavy (non-hydrogen) atoms. The monoisotopic (exact) mass is 561 g/mol. The largest absolute Gasteiger partial charge is 0.461 e. The second kappa shape index (κ2) is 11.1. The van der Waals surface area contributed by atoms with Crippen LogP contribution >= 0.6 is 24.0 Å². The van der Waals surface area contributed by atoms with E-state index in [1.54, 1.807) is 6.26 Å². The molecule has 0 aliphatic carbocycles. The third-order valence-electron chi connectivity index (χ3n) is 6.61. The van der Waals surface area contributed by atoms with Gasteiger partial charge in [-0.3, -0.25) is 15.0 Å². The Bertz CT molecular complexity index is 1020. The summed E-state index contributed by atoms with van der Waals surface area (Å²) in [5.74, 6) is 3.61. The van der Waals surface area contributed by atoms with Gasteiger partial charge in [0.15, 0.2) is 11.7 Å². The summed E-state index contributed by atoms with van der Waals surface area (Å²) in [6.45, 7) is 4.86. The van der Waals surface area contributed by atoms with Gasteiger partial charge in [0.25, 0.3) is 0 Å². The Labute approximate surface area is 211 Å². The number of aromatic nitrogens is 3. The van der Waals surface area contributed by atoms with Gasteiger partial charge >= 0.3 is 0 Å². The van der Waals surface area contributed by atoms with Gasteiger partial charge in [-0.2, -0.15) is 0 Å². The highest BCUT2D eigenvalue weighted by atomic mass is 127. The number of hydrogen-bond acceptors (Lipinski definition) is 5. The molecule has 2 unspecified atom stereocenters. The number of furan rings is 1. The van der Waals surface area contributed by atoms with Crippen molar-refractivity contribution in [2.45, 2.75) is 38.4 Å². The Balaban J connectivity index is 0.00000259. The number of halogens is 1. The first-order chi connectivity index (χ1) is 15.8. The fourth-order valence-corrected chi connectivity index (χ4v) is 5.10. The van der Waals surface area contributed by atoms with E-state index in [0.717, 1.165) is 31.4 Å². The minimum atomic E-state index is 0. The van der Waals surface area contributed by atoms with Crippen molar-refractivity contribution in [1.29, 1.82) is 0 Å². The molecule has 0 saturated carbocycles. The lowest BCUT2D eigenvalue weighted by Gasteiger charge is -2.48. The van der Waals surface area contributed by atoms with E-state index in [4.69, 9.17) is 4.42 Å². The second-order valence-corrected chi connectivity index (χ2v) is 8.64. The minimum absolute atomic E-state index is 0. The van der Waals surface area contributed by atoms with Gasteiger partial charge in [-0.15, -0.1) is 29.1 Å². The van der Waals surface area contributed by atoms with Crippen LogP contribution in [0.5, 0.6) is 0 Å². The van der Waals surface area contributed by atoms with E-state index in [1.165, 1.54) is 31.4 Å². The van der Waals surface area contributed by atoms with E-state index in [0.29, 0.717) is 30.1 Å². The van der Waals surface area contributed by atoms with Gasteiger partial charge in [-0.25, -0.2) is 4.98 Å². The highest BCUT2D eigenvalue weighted by Crippen LogP contribution is 2.31. The molecule has 176 valence electrons. The smallest absolute Gasteiger partial charge is 0.216 e. The number of benzene rings is 1. The van der Waals surface area contributed by atoms with Crippen molar-refractivity contribution in [3.05, 3.63) is 60.1 Å². The number of nitrogens with zero attached hydrogens (tertiary/aromatic N) is 5. The molecular formula is C24H32IN7O. The molecule has 2 saturated heterocycles. The van der Waals surface area contributed by atoms with Crippen LogP contribution < -0.4 is 5.32 Å². The van der Waals surface area contributed by atoms with Gasteiger partial charge < -0.3 is 14.6 Å². The maximum absolute atomic E-state index is 5.37. The first kappa shape index (κ1) is 23.7. The summed E-state index contributed by atoms with van der Waals surface area (Å²) >= 11 is 0. The first-order valence-corrected chi connectivity index (χ1v) is 11.5. The van der Waals surface area contributed by atoms with Crippen LogP contribution in [-0.2, 0) is 13.1 Å². The predicted octanol–water partition coefficient (Wildman–Crippen LogP) is 3.74. The standard InChI is InChI=1S/C24H31N7O.HI/c1-25-24(26-15-22-27-23(29-28-22)21-10-6-14-32-21)31-13-11-20-19(17-31)9-5-12-30(20)16-18-7-3-2-4-8-18;/h2-4,6-8,10,14,19-20H,5,9,11-13,15-17H2,1H3,(H,25,26)(H,27,28,29);1H. The summed E-state index contributed by atoms with van der Waals surface area (Å²) in [6.07, 6.45) is 5.35. The summed E-state index contributed by atoms with van der Waals surface area (Å²) in [4.78, 5) is 14.2. The van der Waals surface area contributed by atoms with Crippen molar-refractivity contribution in [1.82, 2.24) is 30.3 Å². The van der Waals surface area contributed by atoms with E-state index in [-0.39, 0.29) is 24.0 Å². The zero-order valence-corrected chi connectivity index (χ0v) is 21.3. The molecule has 5 rings (SSSR count). The maximum atomic E-state index is 5.37. The molecule has 1 aromatic carbocycles. The molecule has 4 heterocycles. The molecule has 0 radical (unpaired) electrons. The molecule has 9 heteroatoms. The summed E-state index contributed by atoms with van der Waals surface area (Å²) in [5, 5.41) is 10.7. The van der Waals surface area contributed by atoms with E-state index in [9.17, 15) is 0 Å². The summed E-state index contributed by atoms with van der Waals surface area (Å²) in [7, 11) is 1.85. The number of piperidine rings is 2. The molecular weight excluding hydrogens is 529 g/mol. The number of guanidine groups is 1. The molecule has 2 aliphatic heterocycles. The van der Waals surface area contributed by atoms with Crippen molar-refractivity contribution < 1.29 is 4.42 Å². The molecule has 3 aromatic rings. The fraction of sp³-hybridized carbons (Fsp3) is 0.458. The normalized spacial score (nSPS) is 21.4. The van der Waals surface area contributed by atoms with Crippen molar-refractivity contribution in [3.8, 4) is 11.6 Å². The summed E-state index contributed by atoms with van der Waals surface area (Å²) in [5.41, 5.74) is 1.41. The lowest BCUT2D eigenvalue weighted by atomic mass is 9.83. The van der Waals surface area contributed by atoms with Crippen LogP contribution in [0.4, 0.5) is 0 Å². The lowest BCUT2D eigenvalue weighted by Crippen LogP contribution is -2.56. The molecule has 2 atom stereocenters. The maximum Gasteiger partial charge on any atom is 0.216 e. The van der Waals surface area contributed by atoms with Crippen molar-refractivity contribution in [2.75, 3.05) is 26.7 Å². The Hall–Kier alpha value is -2.40. The molecule has 8 nitrogen and oxygen atoms in total. The van der Waals surface area contributed by atoms with Gasteiger partial charge in [0.1, 0.15) is 5.82 Å². The molecule has 2 aromatic heterocycles. The Morgan fingerprint density at radius 2 is 2.06 bits per heavy atom. The Morgan fingerprint density at radius 3 is 2.85 bits per heavy atom. The zero-order valence-electron chi connectivity index (χ0n) is 19.0. The van der Waals surface area contributed by atoms with E-state index in [1.807, 2.05) is 19.2 Å². The van der Waals surface area contributed by atoms with Crippen LogP contribution in [-0.4, -0.2) is 63.7 Å². The topological polar surface area (TPSA) is 85.6 Å². The van der Waals surface area contributed by atoms with Gasteiger partial charge in [0.2, 0.25) is 5.82 Å². The van der Waals surface area contributed by atoms with Crippen molar-refractivity contribution >= 4 is 29.9 Å². The quantitative estimate of drug-likeness (QED) is 0.281. The van der Waals surface area contributed by atoms with Crippen LogP contribution in [0.2, 0.25) is 0 Å². The number of rotatable bonds is 5. The fourth-order valence-electron chi connectivity index (χ4n) is 5.10.